The van der Waals surface area contributed by atoms with Crippen LogP contribution in [-0.4, -0.2) is 45.8 Å². The largest absolute Gasteiger partial charge is 0.392 e. The van der Waals surface area contributed by atoms with Crippen molar-refractivity contribution >= 4 is 17.8 Å². The molecule has 0 saturated carbocycles. The van der Waals surface area contributed by atoms with Crippen molar-refractivity contribution in [2.45, 2.75) is 26.9 Å². The van der Waals surface area contributed by atoms with Gasteiger partial charge in [0.15, 0.2) is 0 Å². The Morgan fingerprint density at radius 2 is 1.94 bits per heavy atom. The highest BCUT2D eigenvalue weighted by atomic mass is 16.3. The zero-order chi connectivity index (χ0) is 12.8. The molecule has 0 radical (unpaired) electrons. The Kier molecular flexibility index (Phi) is 4.89. The molecule has 1 rings (SSSR count). The van der Waals surface area contributed by atoms with Gasteiger partial charge in [-0.2, -0.15) is 15.0 Å². The molecule has 0 bridgehead atoms. The summed E-state index contributed by atoms with van der Waals surface area (Å²) in [6.07, 6.45) is -0.468. The van der Waals surface area contributed by atoms with Gasteiger partial charge >= 0.3 is 0 Å². The van der Waals surface area contributed by atoms with Crippen molar-refractivity contribution in [3.05, 3.63) is 0 Å². The van der Waals surface area contributed by atoms with Gasteiger partial charge in [-0.25, -0.2) is 0 Å². The Morgan fingerprint density at radius 1 is 1.29 bits per heavy atom. The van der Waals surface area contributed by atoms with E-state index in [1.165, 1.54) is 0 Å². The lowest BCUT2D eigenvalue weighted by Gasteiger charge is -2.19. The molecule has 7 heteroatoms. The number of nitrogens with one attached hydrogen (secondary N) is 1. The van der Waals surface area contributed by atoms with Crippen LogP contribution in [0.25, 0.3) is 0 Å². The second kappa shape index (κ2) is 6.19. The molecule has 0 fully saturated rings. The molecule has 1 aromatic heterocycles. The van der Waals surface area contributed by atoms with Crippen LogP contribution in [0.5, 0.6) is 0 Å². The number of aliphatic hydroxyl groups is 1. The number of aromatic nitrogens is 3. The fourth-order valence-electron chi connectivity index (χ4n) is 1.35. The molecule has 1 unspecified atom stereocenters. The number of aliphatic hydroxyl groups excluding tert-OH is 1. The molecule has 0 aromatic carbocycles. The summed E-state index contributed by atoms with van der Waals surface area (Å²) in [5.41, 5.74) is 5.62. The molecule has 7 nitrogen and oxygen atoms in total. The standard InChI is InChI=1S/C10H20N6O/c1-4-16(5-2)10-14-8(11)13-9(15-10)12-6-7(3)17/h7,17H,4-6H2,1-3H3,(H3,11,12,13,14,15). The maximum atomic E-state index is 9.18. The second-order valence-electron chi connectivity index (χ2n) is 3.72. The molecular weight excluding hydrogens is 220 g/mol. The highest BCUT2D eigenvalue weighted by Crippen LogP contribution is 2.11. The van der Waals surface area contributed by atoms with Crippen LogP contribution in [0.15, 0.2) is 0 Å². The second-order valence-corrected chi connectivity index (χ2v) is 3.72. The van der Waals surface area contributed by atoms with E-state index in [1.807, 2.05) is 18.7 Å². The number of nitrogens with two attached hydrogens (primary N) is 1. The van der Waals surface area contributed by atoms with Crippen LogP contribution in [0.3, 0.4) is 0 Å². The maximum absolute atomic E-state index is 9.18. The fraction of sp³-hybridized carbons (Fsp3) is 0.700. The topological polar surface area (TPSA) is 100 Å². The van der Waals surface area contributed by atoms with Crippen LogP contribution in [0, 0.1) is 0 Å². The van der Waals surface area contributed by atoms with Gasteiger partial charge in [-0.3, -0.25) is 0 Å². The third kappa shape index (κ3) is 4.03. The van der Waals surface area contributed by atoms with Crippen molar-refractivity contribution in [3.8, 4) is 0 Å². The van der Waals surface area contributed by atoms with Gasteiger partial charge in [0, 0.05) is 19.6 Å². The van der Waals surface area contributed by atoms with Crippen LogP contribution < -0.4 is 16.0 Å². The minimum absolute atomic E-state index is 0.176. The van der Waals surface area contributed by atoms with Crippen LogP contribution in [0.1, 0.15) is 20.8 Å². The molecule has 1 aromatic rings. The van der Waals surface area contributed by atoms with Crippen LogP contribution in [0.2, 0.25) is 0 Å². The zero-order valence-corrected chi connectivity index (χ0v) is 10.5. The first-order valence-electron chi connectivity index (χ1n) is 5.75. The number of hydrogen-bond acceptors (Lipinski definition) is 7. The Hall–Kier alpha value is -1.63. The van der Waals surface area contributed by atoms with Crippen molar-refractivity contribution in [1.29, 1.82) is 0 Å². The van der Waals surface area contributed by atoms with Crippen LogP contribution in [0.4, 0.5) is 17.8 Å². The highest BCUT2D eigenvalue weighted by molar-refractivity contribution is 5.41. The predicted octanol–water partition coefficient (Wildman–Crippen LogP) is 0.0927. The third-order valence-corrected chi connectivity index (χ3v) is 2.24. The number of rotatable bonds is 6. The van der Waals surface area contributed by atoms with E-state index in [1.54, 1.807) is 6.92 Å². The highest BCUT2D eigenvalue weighted by Gasteiger charge is 2.09. The lowest BCUT2D eigenvalue weighted by molar-refractivity contribution is 0.208. The Balaban J connectivity index is 2.85. The normalized spacial score (nSPS) is 12.2. The van der Waals surface area contributed by atoms with E-state index in [2.05, 4.69) is 20.3 Å². The van der Waals surface area contributed by atoms with E-state index >= 15 is 0 Å². The number of hydrogen-bond donors (Lipinski definition) is 3. The molecule has 0 aliphatic heterocycles. The van der Waals surface area contributed by atoms with E-state index in [0.29, 0.717) is 18.4 Å². The molecule has 0 saturated heterocycles. The first kappa shape index (κ1) is 13.4. The summed E-state index contributed by atoms with van der Waals surface area (Å²) in [6.45, 7) is 7.70. The van der Waals surface area contributed by atoms with E-state index in [4.69, 9.17) is 5.73 Å². The summed E-state index contributed by atoms with van der Waals surface area (Å²) in [6, 6.07) is 0. The molecule has 0 aliphatic carbocycles. The van der Waals surface area contributed by atoms with Gasteiger partial charge in [-0.05, 0) is 20.8 Å². The lowest BCUT2D eigenvalue weighted by Crippen LogP contribution is -2.26. The summed E-state index contributed by atoms with van der Waals surface area (Å²) < 4.78 is 0. The van der Waals surface area contributed by atoms with Crippen molar-refractivity contribution in [2.75, 3.05) is 35.6 Å². The van der Waals surface area contributed by atoms with Gasteiger partial charge in [-0.1, -0.05) is 0 Å². The number of anilines is 3. The van der Waals surface area contributed by atoms with E-state index in [9.17, 15) is 5.11 Å². The molecular formula is C10H20N6O. The minimum Gasteiger partial charge on any atom is -0.392 e. The van der Waals surface area contributed by atoms with E-state index in [0.717, 1.165) is 13.1 Å². The smallest absolute Gasteiger partial charge is 0.231 e. The van der Waals surface area contributed by atoms with Crippen molar-refractivity contribution < 1.29 is 5.11 Å². The number of nitrogen functional groups attached to an aromatic ring is 1. The summed E-state index contributed by atoms with van der Waals surface area (Å²) >= 11 is 0. The van der Waals surface area contributed by atoms with Gasteiger partial charge in [0.2, 0.25) is 17.8 Å². The molecule has 0 aliphatic rings. The third-order valence-electron chi connectivity index (χ3n) is 2.24. The van der Waals surface area contributed by atoms with Crippen molar-refractivity contribution in [2.24, 2.45) is 0 Å². The van der Waals surface area contributed by atoms with Crippen LogP contribution in [-0.2, 0) is 0 Å². The molecule has 1 heterocycles. The average molecular weight is 240 g/mol. The lowest BCUT2D eigenvalue weighted by atomic mass is 10.4. The van der Waals surface area contributed by atoms with E-state index in [-0.39, 0.29) is 5.95 Å². The monoisotopic (exact) mass is 240 g/mol. The summed E-state index contributed by atoms with van der Waals surface area (Å²) in [5.74, 6) is 1.12. The Labute approximate surface area is 101 Å². The molecule has 4 N–H and O–H groups in total. The average Bonchev–Trinajstić information content (AvgIpc) is 2.27. The quantitative estimate of drug-likeness (QED) is 0.648. The Morgan fingerprint density at radius 3 is 2.47 bits per heavy atom. The maximum Gasteiger partial charge on any atom is 0.231 e. The van der Waals surface area contributed by atoms with E-state index < -0.39 is 6.10 Å². The summed E-state index contributed by atoms with van der Waals surface area (Å²) in [7, 11) is 0. The van der Waals surface area contributed by atoms with Crippen molar-refractivity contribution in [3.63, 3.8) is 0 Å². The first-order valence-corrected chi connectivity index (χ1v) is 5.75. The number of nitrogens with zero attached hydrogens (tertiary/aromatic N) is 4. The fourth-order valence-corrected chi connectivity index (χ4v) is 1.35. The zero-order valence-electron chi connectivity index (χ0n) is 10.5. The predicted molar refractivity (Wildman–Crippen MR) is 68.0 cm³/mol. The SMILES string of the molecule is CCN(CC)c1nc(N)nc(NCC(C)O)n1. The molecule has 1 atom stereocenters. The summed E-state index contributed by atoms with van der Waals surface area (Å²) in [4.78, 5) is 14.3. The van der Waals surface area contributed by atoms with Gasteiger partial charge in [-0.15, -0.1) is 0 Å². The van der Waals surface area contributed by atoms with Crippen molar-refractivity contribution in [1.82, 2.24) is 15.0 Å². The summed E-state index contributed by atoms with van der Waals surface area (Å²) in [5, 5.41) is 12.1. The van der Waals surface area contributed by atoms with Gasteiger partial charge in [0.25, 0.3) is 0 Å². The molecule has 0 spiro atoms. The van der Waals surface area contributed by atoms with Gasteiger partial charge < -0.3 is 21.1 Å². The molecule has 17 heavy (non-hydrogen) atoms. The van der Waals surface area contributed by atoms with Gasteiger partial charge in [0.1, 0.15) is 0 Å². The minimum atomic E-state index is -0.468. The molecule has 0 amide bonds. The van der Waals surface area contributed by atoms with Crippen LogP contribution >= 0.6 is 0 Å². The Bertz CT molecular complexity index is 353. The molecule has 96 valence electrons. The van der Waals surface area contributed by atoms with Gasteiger partial charge in [0.05, 0.1) is 6.10 Å². The first-order chi connectivity index (χ1) is 8.06.